The third kappa shape index (κ3) is 5.96. The minimum Gasteiger partial charge on any atom is -0.489 e. The van der Waals surface area contributed by atoms with Crippen molar-refractivity contribution >= 4 is 34.2 Å². The number of guanidine groups is 1. The highest BCUT2D eigenvalue weighted by Crippen LogP contribution is 2.22. The Kier molecular flexibility index (Phi) is 6.38. The summed E-state index contributed by atoms with van der Waals surface area (Å²) in [6.45, 7) is 0.444. The maximum atomic E-state index is 5.76. The van der Waals surface area contributed by atoms with Gasteiger partial charge in [0.2, 0.25) is 5.96 Å². The zero-order valence-corrected chi connectivity index (χ0v) is 14.0. The number of nitrogens with two attached hydrogens (primary N) is 2. The summed E-state index contributed by atoms with van der Waals surface area (Å²) in [6, 6.07) is 15.7. The first-order valence-corrected chi connectivity index (χ1v) is 7.70. The number of nitrogens with zero attached hydrogens (tertiary/aromatic N) is 2. The maximum absolute atomic E-state index is 5.76. The predicted octanol–water partition coefficient (Wildman–Crippen LogP) is 3.15. The molecule has 0 saturated heterocycles. The quantitative estimate of drug-likeness (QED) is 0.463. The lowest BCUT2D eigenvalue weighted by molar-refractivity contribution is 0.363. The van der Waals surface area contributed by atoms with Crippen LogP contribution in [0.4, 0.5) is 0 Å². The van der Waals surface area contributed by atoms with Gasteiger partial charge in [0.15, 0.2) is 0 Å². The van der Waals surface area contributed by atoms with Crippen molar-refractivity contribution in [2.24, 2.45) is 21.7 Å². The first kappa shape index (κ1) is 16.8. The first-order valence-electron chi connectivity index (χ1n) is 6.91. The normalized spacial score (nSPS) is 11.0. The van der Waals surface area contributed by atoms with Crippen molar-refractivity contribution in [2.75, 3.05) is 6.61 Å². The van der Waals surface area contributed by atoms with E-state index < -0.39 is 0 Å². The second kappa shape index (κ2) is 8.75. The van der Waals surface area contributed by atoms with Crippen molar-refractivity contribution in [1.29, 1.82) is 0 Å². The summed E-state index contributed by atoms with van der Waals surface area (Å²) in [5.74, 6) is 0.602. The molecule has 2 aromatic carbocycles. The molecule has 2 aromatic rings. The molecule has 0 heterocycles. The molecular formula is C17H17BrN4O. The standard InChI is InChI=1S/C17H17BrN4O/c18-15-8-9-16(14(11-15)12-21-22-17(19)20)23-10-4-7-13-5-2-1-3-6-13/h1-9,11-12H,10H2,(H4,19,20,22). The van der Waals surface area contributed by atoms with Crippen LogP contribution in [0.1, 0.15) is 11.1 Å². The number of benzene rings is 2. The van der Waals surface area contributed by atoms with E-state index >= 15 is 0 Å². The van der Waals surface area contributed by atoms with Gasteiger partial charge in [0.1, 0.15) is 12.4 Å². The Hall–Kier alpha value is -2.60. The molecule has 0 radical (unpaired) electrons. The summed E-state index contributed by atoms with van der Waals surface area (Å²) in [7, 11) is 0. The van der Waals surface area contributed by atoms with Gasteiger partial charge < -0.3 is 16.2 Å². The zero-order chi connectivity index (χ0) is 16.5. The zero-order valence-electron chi connectivity index (χ0n) is 12.4. The summed E-state index contributed by atoms with van der Waals surface area (Å²) >= 11 is 3.41. The lowest BCUT2D eigenvalue weighted by atomic mass is 10.2. The highest BCUT2D eigenvalue weighted by atomic mass is 79.9. The van der Waals surface area contributed by atoms with Gasteiger partial charge in [-0.1, -0.05) is 52.3 Å². The molecule has 0 amide bonds. The Balaban J connectivity index is 2.03. The fourth-order valence-electron chi connectivity index (χ4n) is 1.80. The molecule has 0 aromatic heterocycles. The number of halogens is 1. The van der Waals surface area contributed by atoms with Crippen LogP contribution < -0.4 is 16.2 Å². The molecule has 118 valence electrons. The largest absolute Gasteiger partial charge is 0.489 e. The summed E-state index contributed by atoms with van der Waals surface area (Å²) in [5, 5.41) is 7.40. The molecule has 0 spiro atoms. The van der Waals surface area contributed by atoms with Crippen molar-refractivity contribution in [1.82, 2.24) is 0 Å². The average Bonchev–Trinajstić information content (AvgIpc) is 2.54. The SMILES string of the molecule is NC(N)=NN=Cc1cc(Br)ccc1OCC=Cc1ccccc1. The average molecular weight is 373 g/mol. The second-order valence-electron chi connectivity index (χ2n) is 4.58. The number of hydrogen-bond acceptors (Lipinski definition) is 3. The minimum atomic E-state index is -0.0930. The van der Waals surface area contributed by atoms with E-state index in [0.717, 1.165) is 15.6 Å². The number of hydrogen-bond donors (Lipinski definition) is 2. The molecule has 0 bridgehead atoms. The molecule has 0 saturated carbocycles. The highest BCUT2D eigenvalue weighted by molar-refractivity contribution is 9.10. The van der Waals surface area contributed by atoms with E-state index in [0.29, 0.717) is 12.4 Å². The van der Waals surface area contributed by atoms with E-state index in [2.05, 4.69) is 26.1 Å². The molecule has 0 aliphatic heterocycles. The lowest BCUT2D eigenvalue weighted by Gasteiger charge is -2.07. The van der Waals surface area contributed by atoms with E-state index in [1.807, 2.05) is 60.7 Å². The first-order chi connectivity index (χ1) is 11.1. The summed E-state index contributed by atoms with van der Waals surface area (Å²) < 4.78 is 6.67. The second-order valence-corrected chi connectivity index (χ2v) is 5.49. The third-order valence-electron chi connectivity index (χ3n) is 2.79. The van der Waals surface area contributed by atoms with Gasteiger partial charge in [0.25, 0.3) is 0 Å². The maximum Gasteiger partial charge on any atom is 0.211 e. The summed E-state index contributed by atoms with van der Waals surface area (Å²) in [5.41, 5.74) is 12.4. The number of rotatable bonds is 6. The van der Waals surface area contributed by atoms with Crippen LogP contribution in [0, 0.1) is 0 Å². The fraction of sp³-hybridized carbons (Fsp3) is 0.0588. The molecule has 4 N–H and O–H groups in total. The van der Waals surface area contributed by atoms with Gasteiger partial charge in [-0.25, -0.2) is 0 Å². The molecule has 2 rings (SSSR count). The molecule has 0 unspecified atom stereocenters. The Labute approximate surface area is 143 Å². The van der Waals surface area contributed by atoms with Gasteiger partial charge in [-0.2, -0.15) is 5.10 Å². The van der Waals surface area contributed by atoms with Crippen molar-refractivity contribution in [3.05, 3.63) is 70.2 Å². The van der Waals surface area contributed by atoms with Crippen LogP contribution in [-0.4, -0.2) is 18.8 Å². The van der Waals surface area contributed by atoms with Crippen LogP contribution in [0.5, 0.6) is 5.75 Å². The van der Waals surface area contributed by atoms with Crippen LogP contribution in [-0.2, 0) is 0 Å². The van der Waals surface area contributed by atoms with Crippen LogP contribution >= 0.6 is 15.9 Å². The summed E-state index contributed by atoms with van der Waals surface area (Å²) in [4.78, 5) is 0. The van der Waals surface area contributed by atoms with Crippen LogP contribution in [0.3, 0.4) is 0 Å². The molecule has 0 aliphatic rings. The van der Waals surface area contributed by atoms with Gasteiger partial charge in [-0.15, -0.1) is 5.10 Å². The fourth-order valence-corrected chi connectivity index (χ4v) is 2.17. The molecule has 0 fully saturated rings. The van der Waals surface area contributed by atoms with E-state index in [-0.39, 0.29) is 5.96 Å². The molecule has 0 atom stereocenters. The Morgan fingerprint density at radius 3 is 2.65 bits per heavy atom. The van der Waals surface area contributed by atoms with E-state index in [1.165, 1.54) is 0 Å². The van der Waals surface area contributed by atoms with Crippen LogP contribution in [0.25, 0.3) is 6.08 Å². The Bertz CT molecular complexity index is 723. The highest BCUT2D eigenvalue weighted by Gasteiger charge is 2.02. The minimum absolute atomic E-state index is 0.0930. The predicted molar refractivity (Wildman–Crippen MR) is 98.5 cm³/mol. The topological polar surface area (TPSA) is 86.0 Å². The monoisotopic (exact) mass is 372 g/mol. The Morgan fingerprint density at radius 2 is 1.91 bits per heavy atom. The molecule has 5 nitrogen and oxygen atoms in total. The van der Waals surface area contributed by atoms with E-state index in [9.17, 15) is 0 Å². The molecule has 6 heteroatoms. The molecule has 0 aliphatic carbocycles. The van der Waals surface area contributed by atoms with Crippen molar-refractivity contribution in [2.45, 2.75) is 0 Å². The molecule has 23 heavy (non-hydrogen) atoms. The van der Waals surface area contributed by atoms with Crippen LogP contribution in [0.2, 0.25) is 0 Å². The Morgan fingerprint density at radius 1 is 1.13 bits per heavy atom. The smallest absolute Gasteiger partial charge is 0.211 e. The summed E-state index contributed by atoms with van der Waals surface area (Å²) in [6.07, 6.45) is 5.50. The van der Waals surface area contributed by atoms with Crippen molar-refractivity contribution < 1.29 is 4.74 Å². The van der Waals surface area contributed by atoms with Gasteiger partial charge >= 0.3 is 0 Å². The van der Waals surface area contributed by atoms with Crippen LogP contribution in [0.15, 0.2) is 69.3 Å². The lowest BCUT2D eigenvalue weighted by Crippen LogP contribution is -2.21. The van der Waals surface area contributed by atoms with E-state index in [4.69, 9.17) is 16.2 Å². The van der Waals surface area contributed by atoms with Crippen molar-refractivity contribution in [3.8, 4) is 5.75 Å². The third-order valence-corrected chi connectivity index (χ3v) is 3.28. The number of ether oxygens (including phenoxy) is 1. The van der Waals surface area contributed by atoms with Crippen molar-refractivity contribution in [3.63, 3.8) is 0 Å². The van der Waals surface area contributed by atoms with Gasteiger partial charge in [0, 0.05) is 10.0 Å². The van der Waals surface area contributed by atoms with E-state index in [1.54, 1.807) is 6.21 Å². The van der Waals surface area contributed by atoms with Gasteiger partial charge in [0.05, 0.1) is 6.21 Å². The molecular weight excluding hydrogens is 356 g/mol. The van der Waals surface area contributed by atoms with Gasteiger partial charge in [-0.3, -0.25) is 0 Å². The van der Waals surface area contributed by atoms with Gasteiger partial charge in [-0.05, 0) is 29.8 Å².